The van der Waals surface area contributed by atoms with Crippen molar-refractivity contribution < 1.29 is 32.6 Å². The highest BCUT2D eigenvalue weighted by molar-refractivity contribution is 8.14. The number of Topliss-reactive ketones (excluding diaryl/α,β-unsaturated/α-hetero) is 1. The highest BCUT2D eigenvalue weighted by Crippen LogP contribution is 2.53. The number of benzene rings is 1. The van der Waals surface area contributed by atoms with Gasteiger partial charge in [-0.2, -0.15) is 18.4 Å². The Labute approximate surface area is 206 Å². The molecule has 1 aromatic carbocycles. The molecule has 0 spiro atoms. The van der Waals surface area contributed by atoms with Gasteiger partial charge in [0.05, 0.1) is 34.3 Å². The zero-order chi connectivity index (χ0) is 25.1. The first-order valence-corrected chi connectivity index (χ1v) is 12.2. The predicted molar refractivity (Wildman–Crippen MR) is 123 cm³/mol. The summed E-state index contributed by atoms with van der Waals surface area (Å²) in [5, 5.41) is 22.1. The Kier molecular flexibility index (Phi) is 8.08. The molecule has 1 aliphatic rings. The molecule has 0 aliphatic carbocycles. The fourth-order valence-electron chi connectivity index (χ4n) is 3.76. The fraction of sp³-hybridized carbons (Fsp3) is 0.364. The van der Waals surface area contributed by atoms with E-state index in [4.69, 9.17) is 16.3 Å². The van der Waals surface area contributed by atoms with E-state index in [1.165, 1.54) is 35.7 Å². The number of hydrogen-bond donors (Lipinski definition) is 1. The van der Waals surface area contributed by atoms with E-state index < -0.39 is 52.2 Å². The number of ether oxygens (including phenoxy) is 1. The van der Waals surface area contributed by atoms with E-state index in [-0.39, 0.29) is 22.1 Å². The third kappa shape index (κ3) is 5.00. The van der Waals surface area contributed by atoms with Crippen molar-refractivity contribution in [2.75, 3.05) is 12.4 Å². The molecular formula is C22H18ClF3N2O4S2. The van der Waals surface area contributed by atoms with Crippen molar-refractivity contribution in [1.29, 1.82) is 5.26 Å². The van der Waals surface area contributed by atoms with Crippen molar-refractivity contribution in [2.45, 2.75) is 24.7 Å². The summed E-state index contributed by atoms with van der Waals surface area (Å²) in [4.78, 5) is 28.7. The van der Waals surface area contributed by atoms with Crippen LogP contribution in [0.15, 0.2) is 46.8 Å². The van der Waals surface area contributed by atoms with E-state index >= 15 is 0 Å². The number of thiophene rings is 1. The van der Waals surface area contributed by atoms with Crippen LogP contribution in [0.2, 0.25) is 5.02 Å². The molecule has 34 heavy (non-hydrogen) atoms. The molecule has 0 amide bonds. The van der Waals surface area contributed by atoms with Gasteiger partial charge in [-0.3, -0.25) is 9.59 Å². The van der Waals surface area contributed by atoms with Crippen LogP contribution in [0, 0.1) is 23.2 Å². The minimum atomic E-state index is -5.37. The first-order valence-electron chi connectivity index (χ1n) is 9.94. The van der Waals surface area contributed by atoms with Crippen molar-refractivity contribution >= 4 is 51.5 Å². The fourth-order valence-corrected chi connectivity index (χ4v) is 5.66. The summed E-state index contributed by atoms with van der Waals surface area (Å²) in [6.07, 6.45) is -5.37. The van der Waals surface area contributed by atoms with Gasteiger partial charge in [0.2, 0.25) is 0 Å². The standard InChI is InChI=1S/C22H18ClF3N2O4S2/c1-2-32-16(29)11-34-20-13(10-27)17(12-6-3-4-7-14(12)23)18(19(30)15-8-5-9-33-15)21(31,28-20)22(24,25)26/h3-9,13,17-18,31H,2,11H2,1H3. The Balaban J connectivity index is 2.25. The third-order valence-electron chi connectivity index (χ3n) is 5.21. The molecule has 4 atom stereocenters. The largest absolute Gasteiger partial charge is 0.465 e. The molecule has 0 fully saturated rings. The van der Waals surface area contributed by atoms with Gasteiger partial charge in [-0.05, 0) is 30.0 Å². The molecule has 0 saturated carbocycles. The third-order valence-corrected chi connectivity index (χ3v) is 7.46. The molecule has 2 aromatic rings. The number of hydrogen-bond acceptors (Lipinski definition) is 8. The highest BCUT2D eigenvalue weighted by Gasteiger charge is 2.67. The number of halogens is 4. The molecule has 0 saturated heterocycles. The van der Waals surface area contributed by atoms with Gasteiger partial charge < -0.3 is 9.84 Å². The predicted octanol–water partition coefficient (Wildman–Crippen LogP) is 5.08. The number of carbonyl (C=O) groups excluding carboxylic acids is 2. The normalized spacial score (nSPS) is 24.7. The lowest BCUT2D eigenvalue weighted by atomic mass is 9.68. The Hall–Kier alpha value is -2.39. The van der Waals surface area contributed by atoms with Crippen molar-refractivity contribution in [1.82, 2.24) is 0 Å². The summed E-state index contributed by atoms with van der Waals surface area (Å²) in [5.74, 6) is -7.26. The number of nitriles is 1. The van der Waals surface area contributed by atoms with Crippen LogP contribution < -0.4 is 0 Å². The number of aliphatic hydroxyl groups is 1. The van der Waals surface area contributed by atoms with Gasteiger partial charge in [0.25, 0.3) is 5.72 Å². The monoisotopic (exact) mass is 530 g/mol. The van der Waals surface area contributed by atoms with E-state index in [2.05, 4.69) is 4.99 Å². The number of ketones is 1. The second-order valence-corrected chi connectivity index (χ2v) is 9.59. The van der Waals surface area contributed by atoms with Crippen molar-refractivity contribution in [3.05, 3.63) is 57.2 Å². The molecule has 0 bridgehead atoms. The van der Waals surface area contributed by atoms with Crippen LogP contribution in [0.4, 0.5) is 13.2 Å². The Morgan fingerprint density at radius 1 is 1.32 bits per heavy atom. The summed E-state index contributed by atoms with van der Waals surface area (Å²) >= 11 is 7.76. The van der Waals surface area contributed by atoms with Gasteiger partial charge >= 0.3 is 12.1 Å². The molecule has 0 radical (unpaired) electrons. The Morgan fingerprint density at radius 2 is 2.03 bits per heavy atom. The van der Waals surface area contributed by atoms with Crippen LogP contribution >= 0.6 is 34.7 Å². The van der Waals surface area contributed by atoms with E-state index in [1.54, 1.807) is 13.0 Å². The molecule has 4 unspecified atom stereocenters. The van der Waals surface area contributed by atoms with Crippen molar-refractivity contribution in [3.63, 3.8) is 0 Å². The number of esters is 1. The van der Waals surface area contributed by atoms with Gasteiger partial charge in [-0.1, -0.05) is 47.6 Å². The number of alkyl halides is 3. The molecule has 180 valence electrons. The van der Waals surface area contributed by atoms with E-state index in [0.29, 0.717) is 11.8 Å². The van der Waals surface area contributed by atoms with E-state index in [1.807, 2.05) is 6.07 Å². The van der Waals surface area contributed by atoms with Crippen LogP contribution in [0.25, 0.3) is 0 Å². The average Bonchev–Trinajstić information content (AvgIpc) is 3.32. The SMILES string of the molecule is CCOC(=O)CSC1=NC(O)(C(F)(F)F)C(C(=O)c2cccs2)C(c2ccccc2Cl)C1C#N. The van der Waals surface area contributed by atoms with E-state index in [9.17, 15) is 33.1 Å². The maximum atomic E-state index is 14.4. The Bertz CT molecular complexity index is 1130. The molecule has 1 aliphatic heterocycles. The lowest BCUT2D eigenvalue weighted by Gasteiger charge is -2.44. The van der Waals surface area contributed by atoms with E-state index in [0.717, 1.165) is 11.3 Å². The minimum absolute atomic E-state index is 0.0258. The second-order valence-electron chi connectivity index (χ2n) is 7.24. The molecule has 12 heteroatoms. The highest BCUT2D eigenvalue weighted by atomic mass is 35.5. The van der Waals surface area contributed by atoms with Crippen molar-refractivity contribution in [3.8, 4) is 6.07 Å². The number of thioether (sulfide) groups is 1. The Morgan fingerprint density at radius 3 is 2.59 bits per heavy atom. The summed E-state index contributed by atoms with van der Waals surface area (Å²) in [5.41, 5.74) is -3.78. The molecule has 6 nitrogen and oxygen atoms in total. The number of aliphatic imine (C=N–C) groups is 1. The smallest absolute Gasteiger partial charge is 0.439 e. The summed E-state index contributed by atoms with van der Waals surface area (Å²) in [6.45, 7) is 1.62. The number of carbonyl (C=O) groups is 2. The van der Waals surface area contributed by atoms with Crippen molar-refractivity contribution in [2.24, 2.45) is 16.8 Å². The number of rotatable bonds is 6. The zero-order valence-corrected chi connectivity index (χ0v) is 20.0. The lowest BCUT2D eigenvalue weighted by Crippen LogP contribution is -2.59. The maximum absolute atomic E-state index is 14.4. The molecule has 2 heterocycles. The minimum Gasteiger partial charge on any atom is -0.465 e. The van der Waals surface area contributed by atoms with Gasteiger partial charge in [0, 0.05) is 10.9 Å². The van der Waals surface area contributed by atoms with Crippen LogP contribution in [0.3, 0.4) is 0 Å². The average molecular weight is 531 g/mol. The maximum Gasteiger partial charge on any atom is 0.439 e. The first kappa shape index (κ1) is 26.2. The second kappa shape index (κ2) is 10.5. The van der Waals surface area contributed by atoms with Crippen LogP contribution in [0.1, 0.15) is 28.1 Å². The molecule has 3 rings (SSSR count). The molecule has 1 aromatic heterocycles. The number of nitrogens with zero attached hydrogens (tertiary/aromatic N) is 2. The first-order chi connectivity index (χ1) is 16.0. The van der Waals surface area contributed by atoms with Gasteiger partial charge in [-0.25, -0.2) is 4.99 Å². The zero-order valence-electron chi connectivity index (χ0n) is 17.6. The summed E-state index contributed by atoms with van der Waals surface area (Å²) in [7, 11) is 0. The topological polar surface area (TPSA) is 99.8 Å². The summed E-state index contributed by atoms with van der Waals surface area (Å²) in [6, 6.07) is 10.6. The van der Waals surface area contributed by atoms with Gasteiger partial charge in [0.1, 0.15) is 5.92 Å². The molecule has 1 N–H and O–H groups in total. The van der Waals surface area contributed by atoms with Crippen LogP contribution in [0.5, 0.6) is 0 Å². The molecular weight excluding hydrogens is 513 g/mol. The van der Waals surface area contributed by atoms with Gasteiger partial charge in [-0.15, -0.1) is 11.3 Å². The quantitative estimate of drug-likeness (QED) is 0.413. The van der Waals surface area contributed by atoms with Crippen LogP contribution in [-0.4, -0.2) is 46.2 Å². The summed E-state index contributed by atoms with van der Waals surface area (Å²) < 4.78 is 47.9. The lowest BCUT2D eigenvalue weighted by molar-refractivity contribution is -0.274. The van der Waals surface area contributed by atoms with Gasteiger partial charge in [0.15, 0.2) is 5.78 Å². The van der Waals surface area contributed by atoms with Crippen LogP contribution in [-0.2, 0) is 9.53 Å².